The number of imidazole rings is 1. The van der Waals surface area contributed by atoms with E-state index in [4.69, 9.17) is 0 Å². The van der Waals surface area contributed by atoms with Crippen LogP contribution < -0.4 is 0 Å². The first-order chi connectivity index (χ1) is 10.1. The van der Waals surface area contributed by atoms with Gasteiger partial charge in [-0.25, -0.2) is 4.98 Å². The Bertz CT molecular complexity index is 538. The number of carbonyl (C=O) groups is 1. The molecule has 0 radical (unpaired) electrons. The van der Waals surface area contributed by atoms with Gasteiger partial charge in [0, 0.05) is 39.1 Å². The molecule has 0 aromatic carbocycles. The lowest BCUT2D eigenvalue weighted by molar-refractivity contribution is -0.138. The van der Waals surface area contributed by atoms with E-state index in [0.717, 1.165) is 51.3 Å². The van der Waals surface area contributed by atoms with Crippen molar-refractivity contribution in [2.45, 2.75) is 25.8 Å². The van der Waals surface area contributed by atoms with Gasteiger partial charge >= 0.3 is 0 Å². The molecule has 5 nitrogen and oxygen atoms in total. The first-order valence-electron chi connectivity index (χ1n) is 7.73. The van der Waals surface area contributed by atoms with Crippen molar-refractivity contribution in [3.8, 4) is 0 Å². The average Bonchev–Trinajstić information content (AvgIpc) is 2.99. The normalized spacial score (nSPS) is 26.7. The number of carbonyl (C=O) groups excluding carboxylic acids is 1. The van der Waals surface area contributed by atoms with Gasteiger partial charge in [0.05, 0.1) is 12.0 Å². The van der Waals surface area contributed by atoms with Crippen molar-refractivity contribution in [1.29, 1.82) is 0 Å². The quantitative estimate of drug-likeness (QED) is 0.787. The predicted molar refractivity (Wildman–Crippen MR) is 81.5 cm³/mol. The fourth-order valence-electron chi connectivity index (χ4n) is 3.71. The molecule has 2 saturated heterocycles. The Kier molecular flexibility index (Phi) is 3.85. The summed E-state index contributed by atoms with van der Waals surface area (Å²) >= 11 is 0. The summed E-state index contributed by atoms with van der Waals surface area (Å²) in [5, 5.41) is 0. The van der Waals surface area contributed by atoms with E-state index < -0.39 is 0 Å². The fourth-order valence-corrected chi connectivity index (χ4v) is 3.71. The Morgan fingerprint density at radius 3 is 3.00 bits per heavy atom. The maximum absolute atomic E-state index is 12.7. The second-order valence-electron chi connectivity index (χ2n) is 6.34. The van der Waals surface area contributed by atoms with E-state index in [1.54, 1.807) is 0 Å². The fraction of sp³-hybridized carbons (Fsp3) is 0.625. The van der Waals surface area contributed by atoms with Crippen molar-refractivity contribution in [3.63, 3.8) is 0 Å². The standard InChI is InChI=1S/C16H24N4O/c1-3-8-20-10-6-16(15(20)21)5-4-9-19(13-16)12-14-17-7-11-18(14)2/h3,7,11H,1,4-6,8-10,12-13H2,2H3/t16-/m0/s1. The average molecular weight is 288 g/mol. The van der Waals surface area contributed by atoms with Gasteiger partial charge in [0.15, 0.2) is 0 Å². The third-order valence-corrected chi connectivity index (χ3v) is 4.89. The Hall–Kier alpha value is -1.62. The minimum atomic E-state index is -0.160. The number of hydrogen-bond donors (Lipinski definition) is 0. The molecule has 3 heterocycles. The number of piperidine rings is 1. The zero-order valence-electron chi connectivity index (χ0n) is 12.8. The molecule has 2 aliphatic rings. The summed E-state index contributed by atoms with van der Waals surface area (Å²) in [5.74, 6) is 1.40. The van der Waals surface area contributed by atoms with Crippen LogP contribution in [-0.4, -0.2) is 51.4 Å². The van der Waals surface area contributed by atoms with E-state index in [9.17, 15) is 4.79 Å². The molecule has 1 aromatic rings. The van der Waals surface area contributed by atoms with Gasteiger partial charge < -0.3 is 9.47 Å². The highest BCUT2D eigenvalue weighted by molar-refractivity contribution is 5.85. The molecular formula is C16H24N4O. The highest BCUT2D eigenvalue weighted by atomic mass is 16.2. The number of rotatable bonds is 4. The van der Waals surface area contributed by atoms with E-state index in [1.807, 2.05) is 30.4 Å². The largest absolute Gasteiger partial charge is 0.338 e. The number of likely N-dealkylation sites (tertiary alicyclic amines) is 2. The number of aryl methyl sites for hydroxylation is 1. The lowest BCUT2D eigenvalue weighted by Crippen LogP contribution is -2.47. The van der Waals surface area contributed by atoms with Crippen molar-refractivity contribution < 1.29 is 4.79 Å². The van der Waals surface area contributed by atoms with Crippen LogP contribution in [0.15, 0.2) is 25.0 Å². The van der Waals surface area contributed by atoms with Gasteiger partial charge in [-0.1, -0.05) is 6.08 Å². The first kappa shape index (κ1) is 14.3. The van der Waals surface area contributed by atoms with Crippen LogP contribution in [0.3, 0.4) is 0 Å². The molecule has 0 aliphatic carbocycles. The highest BCUT2D eigenvalue weighted by Gasteiger charge is 2.48. The number of aromatic nitrogens is 2. The van der Waals surface area contributed by atoms with E-state index in [0.29, 0.717) is 12.5 Å². The first-order valence-corrected chi connectivity index (χ1v) is 7.73. The molecule has 3 rings (SSSR count). The molecule has 1 spiro atoms. The maximum atomic E-state index is 12.7. The number of amides is 1. The summed E-state index contributed by atoms with van der Waals surface area (Å²) < 4.78 is 2.06. The molecule has 1 atom stereocenters. The molecule has 0 saturated carbocycles. The van der Waals surface area contributed by atoms with E-state index in [2.05, 4.69) is 21.0 Å². The van der Waals surface area contributed by atoms with Gasteiger partial charge in [-0.15, -0.1) is 6.58 Å². The van der Waals surface area contributed by atoms with Crippen molar-refractivity contribution in [2.75, 3.05) is 26.2 Å². The van der Waals surface area contributed by atoms with Crippen molar-refractivity contribution in [3.05, 3.63) is 30.9 Å². The van der Waals surface area contributed by atoms with Gasteiger partial charge in [-0.3, -0.25) is 9.69 Å². The van der Waals surface area contributed by atoms with Crippen LogP contribution in [-0.2, 0) is 18.4 Å². The minimum absolute atomic E-state index is 0.160. The van der Waals surface area contributed by atoms with Crippen LogP contribution in [0.5, 0.6) is 0 Å². The Morgan fingerprint density at radius 2 is 2.29 bits per heavy atom. The van der Waals surface area contributed by atoms with E-state index in [1.165, 1.54) is 0 Å². The third-order valence-electron chi connectivity index (χ3n) is 4.89. The second kappa shape index (κ2) is 5.64. The molecular weight excluding hydrogens is 264 g/mol. The predicted octanol–water partition coefficient (Wildman–Crippen LogP) is 1.42. The maximum Gasteiger partial charge on any atom is 0.230 e. The topological polar surface area (TPSA) is 41.4 Å². The Balaban J connectivity index is 1.70. The number of hydrogen-bond acceptors (Lipinski definition) is 3. The number of nitrogens with zero attached hydrogens (tertiary/aromatic N) is 4. The summed E-state index contributed by atoms with van der Waals surface area (Å²) in [7, 11) is 2.02. The summed E-state index contributed by atoms with van der Waals surface area (Å²) in [6.45, 7) is 8.07. The summed E-state index contributed by atoms with van der Waals surface area (Å²) in [6.07, 6.45) is 8.74. The van der Waals surface area contributed by atoms with Crippen molar-refractivity contribution in [1.82, 2.24) is 19.4 Å². The van der Waals surface area contributed by atoms with Gasteiger partial charge in [0.25, 0.3) is 0 Å². The lowest BCUT2D eigenvalue weighted by atomic mass is 9.78. The molecule has 0 bridgehead atoms. The van der Waals surface area contributed by atoms with Crippen LogP contribution in [0.25, 0.3) is 0 Å². The molecule has 0 unspecified atom stereocenters. The van der Waals surface area contributed by atoms with Gasteiger partial charge in [0.1, 0.15) is 5.82 Å². The molecule has 0 N–H and O–H groups in total. The van der Waals surface area contributed by atoms with Crippen LogP contribution in [0.4, 0.5) is 0 Å². The third kappa shape index (κ3) is 2.62. The SMILES string of the molecule is C=CCN1CC[C@]2(CCCN(Cc3nccn3C)C2)C1=O. The van der Waals surface area contributed by atoms with Gasteiger partial charge in [-0.05, 0) is 25.8 Å². The lowest BCUT2D eigenvalue weighted by Gasteiger charge is -2.38. The van der Waals surface area contributed by atoms with Crippen LogP contribution in [0.1, 0.15) is 25.1 Å². The second-order valence-corrected chi connectivity index (χ2v) is 6.34. The monoisotopic (exact) mass is 288 g/mol. The molecule has 1 aromatic heterocycles. The van der Waals surface area contributed by atoms with Crippen molar-refractivity contribution in [2.24, 2.45) is 12.5 Å². The molecule has 114 valence electrons. The van der Waals surface area contributed by atoms with Crippen LogP contribution in [0, 0.1) is 5.41 Å². The van der Waals surface area contributed by atoms with Crippen LogP contribution >= 0.6 is 0 Å². The highest BCUT2D eigenvalue weighted by Crippen LogP contribution is 2.40. The Morgan fingerprint density at radius 1 is 1.43 bits per heavy atom. The molecule has 1 amide bonds. The van der Waals surface area contributed by atoms with Gasteiger partial charge in [-0.2, -0.15) is 0 Å². The van der Waals surface area contributed by atoms with E-state index in [-0.39, 0.29) is 5.41 Å². The summed E-state index contributed by atoms with van der Waals surface area (Å²) in [6, 6.07) is 0. The van der Waals surface area contributed by atoms with Gasteiger partial charge in [0.2, 0.25) is 5.91 Å². The van der Waals surface area contributed by atoms with Crippen molar-refractivity contribution >= 4 is 5.91 Å². The summed E-state index contributed by atoms with van der Waals surface area (Å²) in [4.78, 5) is 21.5. The zero-order valence-corrected chi connectivity index (χ0v) is 12.8. The van der Waals surface area contributed by atoms with Crippen LogP contribution in [0.2, 0.25) is 0 Å². The molecule has 2 aliphatic heterocycles. The molecule has 21 heavy (non-hydrogen) atoms. The zero-order chi connectivity index (χ0) is 14.9. The summed E-state index contributed by atoms with van der Waals surface area (Å²) in [5.41, 5.74) is -0.160. The Labute approximate surface area is 126 Å². The minimum Gasteiger partial charge on any atom is -0.338 e. The molecule has 2 fully saturated rings. The molecule has 5 heteroatoms. The van der Waals surface area contributed by atoms with E-state index >= 15 is 0 Å². The smallest absolute Gasteiger partial charge is 0.230 e.